The van der Waals surface area contributed by atoms with E-state index in [-0.39, 0.29) is 5.41 Å². The number of nitrogens with one attached hydrogen (secondary N) is 1. The van der Waals surface area contributed by atoms with Gasteiger partial charge in [0.1, 0.15) is 0 Å². The van der Waals surface area contributed by atoms with Crippen molar-refractivity contribution in [1.82, 2.24) is 25.5 Å². The molecule has 6 heteroatoms. The van der Waals surface area contributed by atoms with Crippen LogP contribution >= 0.6 is 15.9 Å². The summed E-state index contributed by atoms with van der Waals surface area (Å²) < 4.78 is 1.09. The minimum Gasteiger partial charge on any atom is -0.317 e. The average molecular weight is 322 g/mol. The van der Waals surface area contributed by atoms with Gasteiger partial charge in [-0.1, -0.05) is 28.1 Å². The predicted molar refractivity (Wildman–Crippen MR) is 75.8 cm³/mol. The predicted octanol–water partition coefficient (Wildman–Crippen LogP) is 1.64. The highest BCUT2D eigenvalue weighted by molar-refractivity contribution is 9.10. The van der Waals surface area contributed by atoms with E-state index in [2.05, 4.69) is 60.9 Å². The molecule has 5 nitrogen and oxygen atoms in total. The number of benzene rings is 1. The van der Waals surface area contributed by atoms with Crippen molar-refractivity contribution in [2.45, 2.75) is 18.3 Å². The molecule has 1 aliphatic rings. The summed E-state index contributed by atoms with van der Waals surface area (Å²) in [5.74, 6) is 0.832. The number of aromatic nitrogens is 4. The first kappa shape index (κ1) is 12.7. The smallest absolute Gasteiger partial charge is 0.185 e. The van der Waals surface area contributed by atoms with Crippen LogP contribution in [0.5, 0.6) is 0 Å². The molecular weight excluding hydrogens is 306 g/mol. The third-order valence-corrected chi connectivity index (χ3v) is 4.32. The highest BCUT2D eigenvalue weighted by Crippen LogP contribution is 2.38. The second kappa shape index (κ2) is 5.02. The molecule has 2 aromatic rings. The largest absolute Gasteiger partial charge is 0.317 e. The van der Waals surface area contributed by atoms with Crippen LogP contribution < -0.4 is 5.32 Å². The SMILES string of the molecule is Cn1nnc(C2(c3ccc(Br)cc3)CCNCC2)n1. The van der Waals surface area contributed by atoms with Gasteiger partial charge in [-0.3, -0.25) is 0 Å². The van der Waals surface area contributed by atoms with Crippen molar-refractivity contribution in [3.05, 3.63) is 40.1 Å². The van der Waals surface area contributed by atoms with Gasteiger partial charge in [-0.2, -0.15) is 4.80 Å². The lowest BCUT2D eigenvalue weighted by Crippen LogP contribution is -2.41. The number of aryl methyl sites for hydroxylation is 1. The lowest BCUT2D eigenvalue weighted by molar-refractivity contribution is 0.344. The maximum atomic E-state index is 4.46. The zero-order valence-corrected chi connectivity index (χ0v) is 12.4. The zero-order chi connectivity index (χ0) is 13.3. The Balaban J connectivity index is 2.08. The summed E-state index contributed by atoms with van der Waals surface area (Å²) >= 11 is 3.49. The molecule has 0 unspecified atom stereocenters. The topological polar surface area (TPSA) is 55.6 Å². The number of hydrogen-bond acceptors (Lipinski definition) is 4. The second-order valence-electron chi connectivity index (χ2n) is 4.94. The number of tetrazole rings is 1. The van der Waals surface area contributed by atoms with Gasteiger partial charge in [0.15, 0.2) is 5.82 Å². The quantitative estimate of drug-likeness (QED) is 0.913. The van der Waals surface area contributed by atoms with E-state index in [1.165, 1.54) is 10.4 Å². The van der Waals surface area contributed by atoms with Gasteiger partial charge in [0, 0.05) is 4.47 Å². The maximum absolute atomic E-state index is 4.46. The molecule has 1 aromatic heterocycles. The molecule has 100 valence electrons. The average Bonchev–Trinajstić information content (AvgIpc) is 2.87. The monoisotopic (exact) mass is 321 g/mol. The first-order valence-corrected chi connectivity index (χ1v) is 7.21. The summed E-state index contributed by atoms with van der Waals surface area (Å²) in [6.45, 7) is 1.96. The van der Waals surface area contributed by atoms with Gasteiger partial charge in [0.05, 0.1) is 12.5 Å². The van der Waals surface area contributed by atoms with E-state index >= 15 is 0 Å². The van der Waals surface area contributed by atoms with Crippen LogP contribution in [-0.4, -0.2) is 33.3 Å². The summed E-state index contributed by atoms with van der Waals surface area (Å²) in [4.78, 5) is 1.54. The molecule has 1 fully saturated rings. The fraction of sp³-hybridized carbons (Fsp3) is 0.462. The van der Waals surface area contributed by atoms with Crippen molar-refractivity contribution in [2.24, 2.45) is 7.05 Å². The molecule has 0 amide bonds. The van der Waals surface area contributed by atoms with Crippen molar-refractivity contribution in [2.75, 3.05) is 13.1 Å². The van der Waals surface area contributed by atoms with Gasteiger partial charge < -0.3 is 5.32 Å². The Morgan fingerprint density at radius 2 is 1.89 bits per heavy atom. The Labute approximate surface area is 120 Å². The van der Waals surface area contributed by atoms with Crippen LogP contribution in [0.4, 0.5) is 0 Å². The fourth-order valence-corrected chi connectivity index (χ4v) is 3.00. The summed E-state index contributed by atoms with van der Waals surface area (Å²) in [7, 11) is 1.81. The van der Waals surface area contributed by atoms with E-state index < -0.39 is 0 Å². The lowest BCUT2D eigenvalue weighted by Gasteiger charge is -2.35. The molecule has 0 saturated carbocycles. The molecule has 0 aliphatic carbocycles. The van der Waals surface area contributed by atoms with Crippen molar-refractivity contribution >= 4 is 15.9 Å². The summed E-state index contributed by atoms with van der Waals surface area (Å²) in [5.41, 5.74) is 1.16. The molecule has 0 spiro atoms. The highest BCUT2D eigenvalue weighted by atomic mass is 79.9. The molecule has 1 saturated heterocycles. The van der Waals surface area contributed by atoms with Gasteiger partial charge in [0.2, 0.25) is 0 Å². The van der Waals surface area contributed by atoms with Crippen molar-refractivity contribution in [3.8, 4) is 0 Å². The molecule has 3 rings (SSSR count). The molecule has 1 N–H and O–H groups in total. The Kier molecular flexibility index (Phi) is 3.36. The van der Waals surface area contributed by atoms with Crippen LogP contribution in [0, 0.1) is 0 Å². The number of rotatable bonds is 2. The molecule has 19 heavy (non-hydrogen) atoms. The highest BCUT2D eigenvalue weighted by Gasteiger charge is 2.39. The number of nitrogens with zero attached hydrogens (tertiary/aromatic N) is 4. The van der Waals surface area contributed by atoms with Crippen LogP contribution in [0.3, 0.4) is 0 Å². The van der Waals surface area contributed by atoms with Crippen molar-refractivity contribution in [1.29, 1.82) is 0 Å². The third-order valence-electron chi connectivity index (χ3n) is 3.79. The van der Waals surface area contributed by atoms with Crippen LogP contribution in [0.2, 0.25) is 0 Å². The number of halogens is 1. The van der Waals surface area contributed by atoms with Crippen molar-refractivity contribution in [3.63, 3.8) is 0 Å². The summed E-state index contributed by atoms with van der Waals surface area (Å²) in [6, 6.07) is 8.47. The third kappa shape index (κ3) is 2.30. The van der Waals surface area contributed by atoms with E-state index in [4.69, 9.17) is 0 Å². The normalized spacial score (nSPS) is 18.4. The maximum Gasteiger partial charge on any atom is 0.185 e. The van der Waals surface area contributed by atoms with Gasteiger partial charge in [-0.25, -0.2) is 0 Å². The Hall–Kier alpha value is -1.27. The van der Waals surface area contributed by atoms with Crippen LogP contribution in [0.25, 0.3) is 0 Å². The molecule has 2 heterocycles. The summed E-state index contributed by atoms with van der Waals surface area (Å²) in [6.07, 6.45) is 2.00. The molecular formula is C13H16BrN5. The van der Waals surface area contributed by atoms with Crippen molar-refractivity contribution < 1.29 is 0 Å². The van der Waals surface area contributed by atoms with Gasteiger partial charge in [-0.05, 0) is 48.8 Å². The minimum absolute atomic E-state index is 0.111. The Bertz CT molecular complexity index is 557. The standard InChI is InChI=1S/C13H16BrN5/c1-19-17-12(16-18-19)13(6-8-15-9-7-13)10-2-4-11(14)5-3-10/h2-5,15H,6-9H2,1H3. The number of piperidine rings is 1. The van der Waals surface area contributed by atoms with Gasteiger partial charge in [0.25, 0.3) is 0 Å². The first-order valence-electron chi connectivity index (χ1n) is 6.42. The lowest BCUT2D eigenvalue weighted by atomic mass is 9.72. The van der Waals surface area contributed by atoms with E-state index in [1.807, 2.05) is 7.05 Å². The summed E-state index contributed by atoms with van der Waals surface area (Å²) in [5, 5.41) is 16.1. The second-order valence-corrected chi connectivity index (χ2v) is 5.86. The minimum atomic E-state index is -0.111. The van der Waals surface area contributed by atoms with Crippen LogP contribution in [0.15, 0.2) is 28.7 Å². The molecule has 0 radical (unpaired) electrons. The van der Waals surface area contributed by atoms with Gasteiger partial charge in [-0.15, -0.1) is 10.2 Å². The molecule has 0 bridgehead atoms. The molecule has 1 aliphatic heterocycles. The van der Waals surface area contributed by atoms with E-state index in [0.29, 0.717) is 0 Å². The van der Waals surface area contributed by atoms with E-state index in [9.17, 15) is 0 Å². The number of hydrogen-bond donors (Lipinski definition) is 1. The van der Waals surface area contributed by atoms with Crippen LogP contribution in [0.1, 0.15) is 24.2 Å². The molecule has 0 atom stereocenters. The Morgan fingerprint density at radius 1 is 1.21 bits per heavy atom. The van der Waals surface area contributed by atoms with Crippen LogP contribution in [-0.2, 0) is 12.5 Å². The fourth-order valence-electron chi connectivity index (χ4n) is 2.74. The first-order chi connectivity index (χ1) is 9.21. The van der Waals surface area contributed by atoms with Gasteiger partial charge >= 0.3 is 0 Å². The molecule has 1 aromatic carbocycles. The Morgan fingerprint density at radius 3 is 2.47 bits per heavy atom. The van der Waals surface area contributed by atoms with E-state index in [0.717, 1.165) is 36.2 Å². The zero-order valence-electron chi connectivity index (χ0n) is 10.8. The van der Waals surface area contributed by atoms with E-state index in [1.54, 1.807) is 0 Å².